The fourth-order valence-corrected chi connectivity index (χ4v) is 3.28. The lowest BCUT2D eigenvalue weighted by atomic mass is 10.1. The summed E-state index contributed by atoms with van der Waals surface area (Å²) < 4.78 is 28.1. The van der Waals surface area contributed by atoms with Crippen molar-refractivity contribution in [2.24, 2.45) is 0 Å². The van der Waals surface area contributed by atoms with Gasteiger partial charge in [0.15, 0.2) is 11.5 Å². The first kappa shape index (κ1) is 22.7. The van der Waals surface area contributed by atoms with Crippen LogP contribution in [0.4, 0.5) is 0 Å². The standard InChI is InChI=1S/C26H23N3O5/c1-4-32-24-13-19(9-11-23(24)33-16-17-5-7-18(30-2)8-6-17)34-22-12-10-21-26(20(22)14-27)29-25(31-3)15-28-21/h5-13,15H,4,16H2,1-3H3. The number of rotatable bonds is 9. The molecule has 4 aromatic rings. The average Bonchev–Trinajstić information content (AvgIpc) is 2.88. The number of aromatic nitrogens is 2. The first-order chi connectivity index (χ1) is 16.6. The van der Waals surface area contributed by atoms with Crippen molar-refractivity contribution in [2.45, 2.75) is 13.5 Å². The Morgan fingerprint density at radius 2 is 1.62 bits per heavy atom. The van der Waals surface area contributed by atoms with E-state index in [0.29, 0.717) is 53.1 Å². The molecule has 0 fully saturated rings. The molecule has 0 unspecified atom stereocenters. The molecule has 8 nitrogen and oxygen atoms in total. The molecule has 0 radical (unpaired) electrons. The summed E-state index contributed by atoms with van der Waals surface area (Å²) in [6.45, 7) is 2.72. The van der Waals surface area contributed by atoms with Crippen LogP contribution < -0.4 is 23.7 Å². The Morgan fingerprint density at radius 3 is 2.32 bits per heavy atom. The molecule has 0 bridgehead atoms. The van der Waals surface area contributed by atoms with Crippen LogP contribution in [0.15, 0.2) is 60.8 Å². The monoisotopic (exact) mass is 457 g/mol. The zero-order valence-corrected chi connectivity index (χ0v) is 19.1. The molecule has 0 aliphatic carbocycles. The molecule has 0 saturated heterocycles. The number of ether oxygens (including phenoxy) is 5. The van der Waals surface area contributed by atoms with Crippen LogP contribution in [0.2, 0.25) is 0 Å². The number of nitrogens with zero attached hydrogens (tertiary/aromatic N) is 3. The molecule has 172 valence electrons. The van der Waals surface area contributed by atoms with Crippen molar-refractivity contribution < 1.29 is 23.7 Å². The summed E-state index contributed by atoms with van der Waals surface area (Å²) in [7, 11) is 3.13. The second kappa shape index (κ2) is 10.4. The highest BCUT2D eigenvalue weighted by Crippen LogP contribution is 2.36. The minimum Gasteiger partial charge on any atom is -0.497 e. The van der Waals surface area contributed by atoms with Gasteiger partial charge in [-0.15, -0.1) is 0 Å². The van der Waals surface area contributed by atoms with Gasteiger partial charge in [-0.05, 0) is 48.9 Å². The summed E-state index contributed by atoms with van der Waals surface area (Å²) in [5.74, 6) is 3.07. The lowest BCUT2D eigenvalue weighted by molar-refractivity contribution is 0.268. The largest absolute Gasteiger partial charge is 0.497 e. The zero-order chi connectivity index (χ0) is 23.9. The average molecular weight is 457 g/mol. The van der Waals surface area contributed by atoms with Crippen LogP contribution >= 0.6 is 0 Å². The number of hydrogen-bond donors (Lipinski definition) is 0. The maximum absolute atomic E-state index is 9.76. The molecule has 0 saturated carbocycles. The van der Waals surface area contributed by atoms with Crippen molar-refractivity contribution in [3.63, 3.8) is 0 Å². The van der Waals surface area contributed by atoms with Crippen LogP contribution in [-0.4, -0.2) is 30.8 Å². The SMILES string of the molecule is CCOc1cc(Oc2ccc3ncc(OC)nc3c2C#N)ccc1OCc1ccc(OC)cc1. The maximum Gasteiger partial charge on any atom is 0.232 e. The molecule has 0 spiro atoms. The fraction of sp³-hybridized carbons (Fsp3) is 0.192. The van der Waals surface area contributed by atoms with E-state index in [1.807, 2.05) is 31.2 Å². The zero-order valence-electron chi connectivity index (χ0n) is 19.1. The Balaban J connectivity index is 1.58. The summed E-state index contributed by atoms with van der Waals surface area (Å²) in [4.78, 5) is 8.63. The van der Waals surface area contributed by atoms with Crippen molar-refractivity contribution in [3.05, 3.63) is 71.9 Å². The maximum atomic E-state index is 9.76. The van der Waals surface area contributed by atoms with Crippen molar-refractivity contribution in [2.75, 3.05) is 20.8 Å². The summed E-state index contributed by atoms with van der Waals surface area (Å²) >= 11 is 0. The molecule has 3 aromatic carbocycles. The minimum atomic E-state index is 0.265. The molecule has 0 atom stereocenters. The Bertz CT molecular complexity index is 1330. The van der Waals surface area contributed by atoms with Gasteiger partial charge in [0.1, 0.15) is 41.0 Å². The Hall–Kier alpha value is -4.51. The van der Waals surface area contributed by atoms with Gasteiger partial charge < -0.3 is 23.7 Å². The molecular formula is C26H23N3O5. The van der Waals surface area contributed by atoms with Crippen LogP contribution in [-0.2, 0) is 6.61 Å². The van der Waals surface area contributed by atoms with E-state index in [4.69, 9.17) is 23.7 Å². The molecule has 0 amide bonds. The van der Waals surface area contributed by atoms with Crippen LogP contribution in [0, 0.1) is 11.3 Å². The number of benzene rings is 3. The highest BCUT2D eigenvalue weighted by molar-refractivity contribution is 5.84. The van der Waals surface area contributed by atoms with Gasteiger partial charge in [0.05, 0.1) is 32.5 Å². The number of methoxy groups -OCH3 is 2. The number of nitriles is 1. The molecule has 0 N–H and O–H groups in total. The van der Waals surface area contributed by atoms with Gasteiger partial charge in [-0.25, -0.2) is 9.97 Å². The third-order valence-corrected chi connectivity index (χ3v) is 4.97. The topological polar surface area (TPSA) is 95.7 Å². The Kier molecular flexibility index (Phi) is 6.94. The molecule has 1 heterocycles. The second-order valence-corrected chi connectivity index (χ2v) is 7.11. The minimum absolute atomic E-state index is 0.265. The van der Waals surface area contributed by atoms with E-state index in [1.165, 1.54) is 13.3 Å². The van der Waals surface area contributed by atoms with Gasteiger partial charge in [0.2, 0.25) is 5.88 Å². The van der Waals surface area contributed by atoms with E-state index in [1.54, 1.807) is 37.4 Å². The Labute approximate surface area is 197 Å². The van der Waals surface area contributed by atoms with E-state index in [-0.39, 0.29) is 5.56 Å². The van der Waals surface area contributed by atoms with Crippen LogP contribution in [0.3, 0.4) is 0 Å². The first-order valence-corrected chi connectivity index (χ1v) is 10.6. The third kappa shape index (κ3) is 4.94. The normalized spacial score (nSPS) is 10.4. The van der Waals surface area contributed by atoms with Gasteiger partial charge in [0, 0.05) is 6.07 Å². The molecule has 0 aliphatic heterocycles. The lowest BCUT2D eigenvalue weighted by Crippen LogP contribution is -2.00. The highest BCUT2D eigenvalue weighted by atomic mass is 16.5. The van der Waals surface area contributed by atoms with E-state index in [2.05, 4.69) is 16.0 Å². The van der Waals surface area contributed by atoms with Crippen LogP contribution in [0.1, 0.15) is 18.1 Å². The first-order valence-electron chi connectivity index (χ1n) is 10.6. The fourth-order valence-electron chi connectivity index (χ4n) is 3.28. The van der Waals surface area contributed by atoms with Crippen molar-refractivity contribution in [1.82, 2.24) is 9.97 Å². The molecule has 0 aliphatic rings. The van der Waals surface area contributed by atoms with Crippen LogP contribution in [0.5, 0.6) is 34.6 Å². The van der Waals surface area contributed by atoms with Gasteiger partial charge in [-0.2, -0.15) is 5.26 Å². The van der Waals surface area contributed by atoms with E-state index < -0.39 is 0 Å². The highest BCUT2D eigenvalue weighted by Gasteiger charge is 2.15. The van der Waals surface area contributed by atoms with Crippen molar-refractivity contribution in [3.8, 4) is 40.7 Å². The van der Waals surface area contributed by atoms with Gasteiger partial charge in [0.25, 0.3) is 0 Å². The van der Waals surface area contributed by atoms with Crippen molar-refractivity contribution in [1.29, 1.82) is 5.26 Å². The summed E-state index contributed by atoms with van der Waals surface area (Å²) in [6.07, 6.45) is 1.50. The predicted molar refractivity (Wildman–Crippen MR) is 126 cm³/mol. The molecule has 1 aromatic heterocycles. The Morgan fingerprint density at radius 1 is 0.853 bits per heavy atom. The second-order valence-electron chi connectivity index (χ2n) is 7.11. The molecule has 4 rings (SSSR count). The molecule has 34 heavy (non-hydrogen) atoms. The van der Waals surface area contributed by atoms with Gasteiger partial charge in [-0.3, -0.25) is 0 Å². The summed E-state index contributed by atoms with van der Waals surface area (Å²) in [6, 6.07) is 18.5. The predicted octanol–water partition coefficient (Wildman–Crippen LogP) is 5.29. The smallest absolute Gasteiger partial charge is 0.232 e. The van der Waals surface area contributed by atoms with Crippen molar-refractivity contribution >= 4 is 11.0 Å². The molecular weight excluding hydrogens is 434 g/mol. The molecule has 8 heteroatoms. The quantitative estimate of drug-likeness (QED) is 0.335. The number of fused-ring (bicyclic) bond motifs is 1. The van der Waals surface area contributed by atoms with Gasteiger partial charge >= 0.3 is 0 Å². The lowest BCUT2D eigenvalue weighted by Gasteiger charge is -2.15. The van der Waals surface area contributed by atoms with E-state index >= 15 is 0 Å². The number of hydrogen-bond acceptors (Lipinski definition) is 8. The van der Waals surface area contributed by atoms with Gasteiger partial charge in [-0.1, -0.05) is 12.1 Å². The summed E-state index contributed by atoms with van der Waals surface area (Å²) in [5.41, 5.74) is 2.24. The third-order valence-electron chi connectivity index (χ3n) is 4.97. The summed E-state index contributed by atoms with van der Waals surface area (Å²) in [5, 5.41) is 9.76. The van der Waals surface area contributed by atoms with E-state index in [9.17, 15) is 5.26 Å². The van der Waals surface area contributed by atoms with Crippen LogP contribution in [0.25, 0.3) is 11.0 Å². The van der Waals surface area contributed by atoms with E-state index in [0.717, 1.165) is 11.3 Å².